The molecule has 3 rings (SSSR count). The average Bonchev–Trinajstić information content (AvgIpc) is 3.06. The highest BCUT2D eigenvalue weighted by Gasteiger charge is 2.14. The van der Waals surface area contributed by atoms with Gasteiger partial charge in [0.25, 0.3) is 0 Å². The Labute approximate surface area is 147 Å². The Morgan fingerprint density at radius 2 is 2.28 bits per heavy atom. The summed E-state index contributed by atoms with van der Waals surface area (Å²) >= 11 is 0. The number of anilines is 1. The first-order chi connectivity index (χ1) is 12.2. The van der Waals surface area contributed by atoms with Gasteiger partial charge in [-0.3, -0.25) is 0 Å². The number of amides is 2. The number of tetrazole rings is 1. The molecule has 1 unspecified atom stereocenters. The molecule has 1 fully saturated rings. The predicted molar refractivity (Wildman–Crippen MR) is 96.2 cm³/mol. The van der Waals surface area contributed by atoms with E-state index in [1.54, 1.807) is 11.7 Å². The fourth-order valence-electron chi connectivity index (χ4n) is 3.08. The number of carbonyl (C=O) groups is 1. The third-order valence-corrected chi connectivity index (χ3v) is 4.49. The van der Waals surface area contributed by atoms with Gasteiger partial charge in [-0.2, -0.15) is 0 Å². The standard InChI is InChI=1S/C17H25N7O/c1-3-12-7-14(16-21-22-23-24(16)2)9-15(8-12)20-17(25)19-11-13-5-4-6-18-10-13/h7-9,13,18H,3-6,10-11H2,1-2H3,(H2,19,20,25). The van der Waals surface area contributed by atoms with Crippen LogP contribution in [0.15, 0.2) is 18.2 Å². The second-order valence-corrected chi connectivity index (χ2v) is 6.45. The van der Waals surface area contributed by atoms with E-state index in [0.717, 1.165) is 42.7 Å². The quantitative estimate of drug-likeness (QED) is 0.765. The van der Waals surface area contributed by atoms with Crippen LogP contribution in [0.25, 0.3) is 11.4 Å². The molecule has 8 nitrogen and oxygen atoms in total. The zero-order valence-electron chi connectivity index (χ0n) is 14.7. The Morgan fingerprint density at radius 3 is 2.96 bits per heavy atom. The molecule has 0 aliphatic carbocycles. The summed E-state index contributed by atoms with van der Waals surface area (Å²) in [5, 5.41) is 20.9. The fourth-order valence-corrected chi connectivity index (χ4v) is 3.08. The zero-order valence-corrected chi connectivity index (χ0v) is 14.7. The van der Waals surface area contributed by atoms with Crippen LogP contribution in [0.5, 0.6) is 0 Å². The van der Waals surface area contributed by atoms with Gasteiger partial charge in [-0.25, -0.2) is 9.48 Å². The summed E-state index contributed by atoms with van der Waals surface area (Å²) in [5.74, 6) is 1.17. The van der Waals surface area contributed by atoms with Crippen LogP contribution in [0.4, 0.5) is 10.5 Å². The van der Waals surface area contributed by atoms with Crippen molar-refractivity contribution in [2.24, 2.45) is 13.0 Å². The Hall–Kier alpha value is -2.48. The van der Waals surface area contributed by atoms with Crippen molar-refractivity contribution in [1.82, 2.24) is 30.8 Å². The summed E-state index contributed by atoms with van der Waals surface area (Å²) in [6.45, 7) is 4.81. The van der Waals surface area contributed by atoms with Gasteiger partial charge < -0.3 is 16.0 Å². The monoisotopic (exact) mass is 343 g/mol. The molecule has 1 saturated heterocycles. The van der Waals surface area contributed by atoms with E-state index in [1.165, 1.54) is 6.42 Å². The number of rotatable bonds is 5. The van der Waals surface area contributed by atoms with Crippen LogP contribution in [0.1, 0.15) is 25.3 Å². The average molecular weight is 343 g/mol. The Bertz CT molecular complexity index is 722. The van der Waals surface area contributed by atoms with Gasteiger partial charge in [0.2, 0.25) is 0 Å². The molecular formula is C17H25N7O. The van der Waals surface area contributed by atoms with Crippen LogP contribution in [-0.4, -0.2) is 45.9 Å². The van der Waals surface area contributed by atoms with Gasteiger partial charge in [0.05, 0.1) is 0 Å². The van der Waals surface area contributed by atoms with E-state index in [1.807, 2.05) is 18.2 Å². The number of hydrogen-bond donors (Lipinski definition) is 3. The molecule has 3 N–H and O–H groups in total. The maximum absolute atomic E-state index is 12.2. The van der Waals surface area contributed by atoms with Gasteiger partial charge in [0.1, 0.15) is 0 Å². The van der Waals surface area contributed by atoms with Crippen molar-refractivity contribution in [3.8, 4) is 11.4 Å². The van der Waals surface area contributed by atoms with Crippen molar-refractivity contribution in [2.45, 2.75) is 26.2 Å². The number of aromatic nitrogens is 4. The summed E-state index contributed by atoms with van der Waals surface area (Å²) < 4.78 is 1.62. The predicted octanol–water partition coefficient (Wildman–Crippen LogP) is 1.56. The number of aryl methyl sites for hydroxylation is 2. The molecule has 8 heteroatoms. The number of nitrogens with one attached hydrogen (secondary N) is 3. The van der Waals surface area contributed by atoms with Crippen molar-refractivity contribution in [2.75, 3.05) is 25.0 Å². The lowest BCUT2D eigenvalue weighted by Gasteiger charge is -2.23. The first kappa shape index (κ1) is 17.3. The number of urea groups is 1. The Balaban J connectivity index is 1.66. The molecule has 2 aromatic rings. The molecule has 1 aliphatic rings. The normalized spacial score (nSPS) is 17.3. The Morgan fingerprint density at radius 1 is 1.40 bits per heavy atom. The third kappa shape index (κ3) is 4.54. The molecule has 2 amide bonds. The minimum absolute atomic E-state index is 0.180. The van der Waals surface area contributed by atoms with E-state index in [2.05, 4.69) is 38.4 Å². The van der Waals surface area contributed by atoms with Crippen molar-refractivity contribution >= 4 is 11.7 Å². The maximum atomic E-state index is 12.2. The minimum atomic E-state index is -0.180. The van der Waals surface area contributed by atoms with E-state index < -0.39 is 0 Å². The van der Waals surface area contributed by atoms with Crippen LogP contribution >= 0.6 is 0 Å². The van der Waals surface area contributed by atoms with E-state index in [0.29, 0.717) is 18.3 Å². The number of hydrogen-bond acceptors (Lipinski definition) is 5. The van der Waals surface area contributed by atoms with Crippen molar-refractivity contribution in [1.29, 1.82) is 0 Å². The molecule has 1 aromatic heterocycles. The zero-order chi connectivity index (χ0) is 17.6. The molecule has 1 atom stereocenters. The number of piperidine rings is 1. The summed E-state index contributed by atoms with van der Waals surface area (Å²) in [6.07, 6.45) is 3.19. The fraction of sp³-hybridized carbons (Fsp3) is 0.529. The summed E-state index contributed by atoms with van der Waals surface area (Å²) in [6, 6.07) is 5.74. The first-order valence-electron chi connectivity index (χ1n) is 8.78. The smallest absolute Gasteiger partial charge is 0.319 e. The number of benzene rings is 1. The molecule has 1 aliphatic heterocycles. The van der Waals surface area contributed by atoms with Gasteiger partial charge in [0, 0.05) is 24.8 Å². The summed E-state index contributed by atoms with van der Waals surface area (Å²) in [4.78, 5) is 12.2. The van der Waals surface area contributed by atoms with Gasteiger partial charge >= 0.3 is 6.03 Å². The highest BCUT2D eigenvalue weighted by Crippen LogP contribution is 2.23. The molecule has 1 aromatic carbocycles. The Kier molecular flexibility index (Phi) is 5.60. The largest absolute Gasteiger partial charge is 0.338 e. The molecular weight excluding hydrogens is 318 g/mol. The lowest BCUT2D eigenvalue weighted by atomic mass is 10.00. The summed E-state index contributed by atoms with van der Waals surface area (Å²) in [5.41, 5.74) is 2.75. The van der Waals surface area contributed by atoms with Crippen molar-refractivity contribution in [3.63, 3.8) is 0 Å². The molecule has 0 bridgehead atoms. The van der Waals surface area contributed by atoms with Crippen LogP contribution in [0.2, 0.25) is 0 Å². The highest BCUT2D eigenvalue weighted by molar-refractivity contribution is 5.90. The second kappa shape index (κ2) is 8.06. The minimum Gasteiger partial charge on any atom is -0.338 e. The van der Waals surface area contributed by atoms with E-state index in [4.69, 9.17) is 0 Å². The van der Waals surface area contributed by atoms with Crippen molar-refractivity contribution in [3.05, 3.63) is 23.8 Å². The molecule has 0 radical (unpaired) electrons. The molecule has 25 heavy (non-hydrogen) atoms. The van der Waals surface area contributed by atoms with Crippen molar-refractivity contribution < 1.29 is 4.79 Å². The van der Waals surface area contributed by atoms with Crippen LogP contribution in [0.3, 0.4) is 0 Å². The van der Waals surface area contributed by atoms with Gasteiger partial charge in [-0.15, -0.1) is 5.10 Å². The van der Waals surface area contributed by atoms with Crippen LogP contribution in [0, 0.1) is 5.92 Å². The van der Waals surface area contributed by atoms with Crippen LogP contribution < -0.4 is 16.0 Å². The maximum Gasteiger partial charge on any atom is 0.319 e. The van der Waals surface area contributed by atoms with E-state index >= 15 is 0 Å². The van der Waals surface area contributed by atoms with Crippen LogP contribution in [-0.2, 0) is 13.5 Å². The molecule has 2 heterocycles. The third-order valence-electron chi connectivity index (χ3n) is 4.49. The van der Waals surface area contributed by atoms with Gasteiger partial charge in [-0.05, 0) is 72.5 Å². The summed E-state index contributed by atoms with van der Waals surface area (Å²) in [7, 11) is 1.80. The molecule has 0 spiro atoms. The molecule has 134 valence electrons. The lowest BCUT2D eigenvalue weighted by molar-refractivity contribution is 0.248. The second-order valence-electron chi connectivity index (χ2n) is 6.45. The molecule has 0 saturated carbocycles. The van der Waals surface area contributed by atoms with E-state index in [9.17, 15) is 4.79 Å². The highest BCUT2D eigenvalue weighted by atomic mass is 16.2. The number of carbonyl (C=O) groups excluding carboxylic acids is 1. The lowest BCUT2D eigenvalue weighted by Crippen LogP contribution is -2.39. The van der Waals surface area contributed by atoms with E-state index in [-0.39, 0.29) is 6.03 Å². The van der Waals surface area contributed by atoms with Gasteiger partial charge in [-0.1, -0.05) is 6.92 Å². The number of nitrogens with zero attached hydrogens (tertiary/aromatic N) is 4. The first-order valence-corrected chi connectivity index (χ1v) is 8.78. The SMILES string of the molecule is CCc1cc(NC(=O)NCC2CCCNC2)cc(-c2nnnn2C)c1. The van der Waals surface area contributed by atoms with Gasteiger partial charge in [0.15, 0.2) is 5.82 Å². The topological polar surface area (TPSA) is 96.8 Å².